The van der Waals surface area contributed by atoms with E-state index in [0.717, 1.165) is 24.9 Å². The molecule has 26 heavy (non-hydrogen) atoms. The van der Waals surface area contributed by atoms with E-state index in [1.807, 2.05) is 24.3 Å². The third kappa shape index (κ3) is 3.47. The number of fused-ring (bicyclic) bond motifs is 1. The molecule has 1 aromatic heterocycles. The van der Waals surface area contributed by atoms with Crippen LogP contribution in [0.4, 0.5) is 0 Å². The maximum absolute atomic E-state index is 13.2. The minimum atomic E-state index is 0.0496. The average Bonchev–Trinajstić information content (AvgIpc) is 2.67. The zero-order valence-electron chi connectivity index (χ0n) is 14.6. The SMILES string of the molecule is O=C(c1cccc(-c2ccc(Cl)cc2Cl)n1)N1CCCC2CCCCC21. The van der Waals surface area contributed by atoms with Gasteiger partial charge in [0.15, 0.2) is 0 Å². The number of likely N-dealkylation sites (tertiary alicyclic amines) is 1. The van der Waals surface area contributed by atoms with Crippen LogP contribution in [-0.4, -0.2) is 28.4 Å². The van der Waals surface area contributed by atoms with Crippen molar-refractivity contribution in [3.63, 3.8) is 0 Å². The second kappa shape index (κ2) is 7.58. The van der Waals surface area contributed by atoms with E-state index < -0.39 is 0 Å². The van der Waals surface area contributed by atoms with Crippen molar-refractivity contribution < 1.29 is 4.79 Å². The zero-order chi connectivity index (χ0) is 18.1. The highest BCUT2D eigenvalue weighted by Gasteiger charge is 2.36. The summed E-state index contributed by atoms with van der Waals surface area (Å²) in [5, 5.41) is 1.13. The normalized spacial score (nSPS) is 22.8. The smallest absolute Gasteiger partial charge is 0.272 e. The van der Waals surface area contributed by atoms with Crippen LogP contribution in [0, 0.1) is 5.92 Å². The van der Waals surface area contributed by atoms with Crippen LogP contribution in [-0.2, 0) is 0 Å². The summed E-state index contributed by atoms with van der Waals surface area (Å²) in [5.41, 5.74) is 1.99. The second-order valence-electron chi connectivity index (χ2n) is 7.28. The Morgan fingerprint density at radius 3 is 2.69 bits per heavy atom. The molecule has 136 valence electrons. The lowest BCUT2D eigenvalue weighted by molar-refractivity contribution is 0.0385. The minimum absolute atomic E-state index is 0.0496. The van der Waals surface area contributed by atoms with Gasteiger partial charge in [0.2, 0.25) is 0 Å². The number of carbonyl (C=O) groups excluding carboxylic acids is 1. The van der Waals surface area contributed by atoms with E-state index in [4.69, 9.17) is 23.2 Å². The summed E-state index contributed by atoms with van der Waals surface area (Å²) >= 11 is 12.3. The first-order valence-corrected chi connectivity index (χ1v) is 10.1. The maximum atomic E-state index is 13.2. The number of pyridine rings is 1. The van der Waals surface area contributed by atoms with Crippen LogP contribution in [0.3, 0.4) is 0 Å². The van der Waals surface area contributed by atoms with E-state index in [2.05, 4.69) is 9.88 Å². The number of hydrogen-bond acceptors (Lipinski definition) is 2. The first-order valence-electron chi connectivity index (χ1n) is 9.37. The van der Waals surface area contributed by atoms with Gasteiger partial charge < -0.3 is 4.90 Å². The fraction of sp³-hybridized carbons (Fsp3) is 0.429. The molecule has 0 bridgehead atoms. The topological polar surface area (TPSA) is 33.2 Å². The van der Waals surface area contributed by atoms with Crippen molar-refractivity contribution in [3.8, 4) is 11.3 Å². The van der Waals surface area contributed by atoms with Crippen molar-refractivity contribution in [2.45, 2.75) is 44.6 Å². The number of halogens is 2. The molecule has 1 amide bonds. The van der Waals surface area contributed by atoms with Gasteiger partial charge in [0.25, 0.3) is 5.91 Å². The zero-order valence-corrected chi connectivity index (χ0v) is 16.1. The number of nitrogens with zero attached hydrogens (tertiary/aromatic N) is 2. The summed E-state index contributed by atoms with van der Waals surface area (Å²) in [4.78, 5) is 19.9. The van der Waals surface area contributed by atoms with Crippen molar-refractivity contribution in [1.29, 1.82) is 0 Å². The number of rotatable bonds is 2. The minimum Gasteiger partial charge on any atom is -0.334 e. The Morgan fingerprint density at radius 1 is 1.04 bits per heavy atom. The van der Waals surface area contributed by atoms with Crippen LogP contribution in [0.5, 0.6) is 0 Å². The van der Waals surface area contributed by atoms with Gasteiger partial charge in [0.05, 0.1) is 10.7 Å². The monoisotopic (exact) mass is 388 g/mol. The molecule has 2 aliphatic rings. The largest absolute Gasteiger partial charge is 0.334 e. The standard InChI is InChI=1S/C21H22Cl2N2O/c22-15-10-11-16(17(23)13-15)18-7-3-8-19(24-18)21(26)25-12-4-6-14-5-1-2-9-20(14)25/h3,7-8,10-11,13-14,20H,1-2,4-6,9,12H2. The predicted octanol–water partition coefficient (Wildman–Crippen LogP) is 5.85. The third-order valence-corrected chi connectivity index (χ3v) is 6.23. The van der Waals surface area contributed by atoms with E-state index >= 15 is 0 Å². The van der Waals surface area contributed by atoms with Crippen LogP contribution in [0.15, 0.2) is 36.4 Å². The molecule has 1 saturated heterocycles. The fourth-order valence-electron chi connectivity index (χ4n) is 4.43. The molecule has 2 atom stereocenters. The van der Waals surface area contributed by atoms with Crippen molar-refractivity contribution in [1.82, 2.24) is 9.88 Å². The molecule has 2 unspecified atom stereocenters. The summed E-state index contributed by atoms with van der Waals surface area (Å²) in [6.07, 6.45) is 7.24. The third-order valence-electron chi connectivity index (χ3n) is 5.68. The molecule has 2 aromatic rings. The fourth-order valence-corrected chi connectivity index (χ4v) is 4.93. The van der Waals surface area contributed by atoms with Crippen molar-refractivity contribution in [3.05, 3.63) is 52.1 Å². The number of amides is 1. The molecule has 1 aliphatic heterocycles. The van der Waals surface area contributed by atoms with Crippen molar-refractivity contribution in [2.75, 3.05) is 6.54 Å². The molecule has 4 rings (SSSR count). The predicted molar refractivity (Wildman–Crippen MR) is 106 cm³/mol. The molecule has 1 aliphatic carbocycles. The Morgan fingerprint density at radius 2 is 1.85 bits per heavy atom. The molecule has 5 heteroatoms. The number of carbonyl (C=O) groups is 1. The van der Waals surface area contributed by atoms with Gasteiger partial charge in [0, 0.05) is 23.2 Å². The lowest BCUT2D eigenvalue weighted by Crippen LogP contribution is -2.49. The number of piperidine rings is 1. The van der Waals surface area contributed by atoms with E-state index in [1.165, 1.54) is 25.7 Å². The molecule has 1 saturated carbocycles. The Balaban J connectivity index is 1.62. The summed E-state index contributed by atoms with van der Waals surface area (Å²) in [6, 6.07) is 11.3. The molecule has 0 radical (unpaired) electrons. The van der Waals surface area contributed by atoms with Crippen LogP contribution in [0.1, 0.15) is 49.0 Å². The van der Waals surface area contributed by atoms with Gasteiger partial charge in [-0.05, 0) is 61.9 Å². The van der Waals surface area contributed by atoms with Crippen LogP contribution < -0.4 is 0 Å². The molecular formula is C21H22Cl2N2O. The van der Waals surface area contributed by atoms with Crippen molar-refractivity contribution >= 4 is 29.1 Å². The summed E-state index contributed by atoms with van der Waals surface area (Å²) in [7, 11) is 0. The Bertz CT molecular complexity index is 821. The van der Waals surface area contributed by atoms with Crippen LogP contribution in [0.25, 0.3) is 11.3 Å². The van der Waals surface area contributed by atoms with E-state index in [9.17, 15) is 4.79 Å². The summed E-state index contributed by atoms with van der Waals surface area (Å²) in [5.74, 6) is 0.712. The molecule has 3 nitrogen and oxygen atoms in total. The van der Waals surface area contributed by atoms with Gasteiger partial charge in [-0.15, -0.1) is 0 Å². The van der Waals surface area contributed by atoms with Crippen molar-refractivity contribution in [2.24, 2.45) is 5.92 Å². The lowest BCUT2D eigenvalue weighted by atomic mass is 9.78. The van der Waals surface area contributed by atoms with Gasteiger partial charge >= 0.3 is 0 Å². The highest BCUT2D eigenvalue weighted by molar-refractivity contribution is 6.36. The quantitative estimate of drug-likeness (QED) is 0.646. The van der Waals surface area contributed by atoms with Crippen LogP contribution in [0.2, 0.25) is 10.0 Å². The van der Waals surface area contributed by atoms with Crippen LogP contribution >= 0.6 is 23.2 Å². The van der Waals surface area contributed by atoms with Gasteiger partial charge in [-0.3, -0.25) is 4.79 Å². The van der Waals surface area contributed by atoms with Gasteiger partial charge in [-0.1, -0.05) is 42.1 Å². The lowest BCUT2D eigenvalue weighted by Gasteiger charge is -2.44. The molecule has 2 heterocycles. The summed E-state index contributed by atoms with van der Waals surface area (Å²) in [6.45, 7) is 0.841. The Hall–Kier alpha value is -1.58. The number of benzene rings is 1. The highest BCUT2D eigenvalue weighted by atomic mass is 35.5. The maximum Gasteiger partial charge on any atom is 0.272 e. The van der Waals surface area contributed by atoms with Gasteiger partial charge in [-0.25, -0.2) is 4.98 Å². The van der Waals surface area contributed by atoms with E-state index in [1.54, 1.807) is 12.1 Å². The number of hydrogen-bond donors (Lipinski definition) is 0. The molecule has 0 N–H and O–H groups in total. The molecular weight excluding hydrogens is 367 g/mol. The van der Waals surface area contributed by atoms with E-state index in [0.29, 0.717) is 33.4 Å². The first kappa shape index (κ1) is 17.8. The molecule has 0 spiro atoms. The highest BCUT2D eigenvalue weighted by Crippen LogP contribution is 2.36. The van der Waals surface area contributed by atoms with E-state index in [-0.39, 0.29) is 5.91 Å². The Labute approximate surface area is 164 Å². The summed E-state index contributed by atoms with van der Waals surface area (Å²) < 4.78 is 0. The Kier molecular flexibility index (Phi) is 5.19. The number of aromatic nitrogens is 1. The van der Waals surface area contributed by atoms with Gasteiger partial charge in [-0.2, -0.15) is 0 Å². The first-order chi connectivity index (χ1) is 12.6. The average molecular weight is 389 g/mol. The molecule has 1 aromatic carbocycles. The second-order valence-corrected chi connectivity index (χ2v) is 8.13. The molecule has 2 fully saturated rings. The van der Waals surface area contributed by atoms with Gasteiger partial charge in [0.1, 0.15) is 5.69 Å².